The average molecular weight is 409 g/mol. The number of methoxy groups -OCH3 is 1. The number of furan rings is 1. The van der Waals surface area contributed by atoms with Gasteiger partial charge in [-0.3, -0.25) is 14.9 Å². The van der Waals surface area contributed by atoms with Crippen LogP contribution in [0.25, 0.3) is 0 Å². The molecule has 0 atom stereocenters. The van der Waals surface area contributed by atoms with Crippen LogP contribution in [-0.2, 0) is 0 Å². The van der Waals surface area contributed by atoms with E-state index in [0.29, 0.717) is 5.56 Å². The number of carbonyl (C=O) groups excluding carboxylic acids is 2. The summed E-state index contributed by atoms with van der Waals surface area (Å²) < 4.78 is 15.4. The summed E-state index contributed by atoms with van der Waals surface area (Å²) in [6.07, 6.45) is 2.67. The van der Waals surface area contributed by atoms with E-state index < -0.39 is 16.8 Å². The third kappa shape index (κ3) is 4.68. The number of hydrogen-bond donors (Lipinski definition) is 1. The topological polar surface area (TPSA) is 133 Å². The molecule has 10 heteroatoms. The van der Waals surface area contributed by atoms with Gasteiger partial charge >= 0.3 is 5.97 Å². The van der Waals surface area contributed by atoms with E-state index in [1.165, 1.54) is 62.1 Å². The standard InChI is InChI=1S/C20H15N3O7/c1-28-18-11-13(8-9-16(18)30-20(25)17-7-4-10-29-17)12-21-22-19(24)14-5-2-3-6-15(14)23(26)27/h2-12H,1H3,(H,22,24)/b21-12-. The Morgan fingerprint density at radius 1 is 1.13 bits per heavy atom. The Labute approximate surface area is 169 Å². The number of benzene rings is 2. The lowest BCUT2D eigenvalue weighted by Crippen LogP contribution is -2.18. The number of nitrogens with zero attached hydrogens (tertiary/aromatic N) is 2. The van der Waals surface area contributed by atoms with Gasteiger partial charge in [0.05, 0.1) is 24.5 Å². The Bertz CT molecular complexity index is 1110. The number of rotatable bonds is 7. The molecular weight excluding hydrogens is 394 g/mol. The molecule has 1 heterocycles. The average Bonchev–Trinajstić information content (AvgIpc) is 3.29. The molecule has 0 aliphatic carbocycles. The Hall–Kier alpha value is -4.47. The molecule has 0 unspecified atom stereocenters. The molecule has 1 amide bonds. The van der Waals surface area contributed by atoms with Crippen LogP contribution < -0.4 is 14.9 Å². The smallest absolute Gasteiger partial charge is 0.379 e. The van der Waals surface area contributed by atoms with Gasteiger partial charge in [0, 0.05) is 6.07 Å². The number of esters is 1. The summed E-state index contributed by atoms with van der Waals surface area (Å²) in [5.41, 5.74) is 2.32. The normalized spacial score (nSPS) is 10.6. The van der Waals surface area contributed by atoms with Crippen LogP contribution >= 0.6 is 0 Å². The minimum atomic E-state index is -0.727. The lowest BCUT2D eigenvalue weighted by molar-refractivity contribution is -0.385. The first-order valence-electron chi connectivity index (χ1n) is 8.50. The highest BCUT2D eigenvalue weighted by atomic mass is 16.6. The van der Waals surface area contributed by atoms with Crippen molar-refractivity contribution in [2.75, 3.05) is 7.11 Å². The lowest BCUT2D eigenvalue weighted by atomic mass is 10.2. The predicted octanol–water partition coefficient (Wildman–Crippen LogP) is 3.18. The van der Waals surface area contributed by atoms with Crippen molar-refractivity contribution in [2.24, 2.45) is 5.10 Å². The van der Waals surface area contributed by atoms with Gasteiger partial charge in [0.25, 0.3) is 11.6 Å². The highest BCUT2D eigenvalue weighted by molar-refractivity contribution is 5.98. The first-order valence-corrected chi connectivity index (χ1v) is 8.50. The van der Waals surface area contributed by atoms with Gasteiger partial charge < -0.3 is 13.9 Å². The summed E-state index contributed by atoms with van der Waals surface area (Å²) in [6, 6.07) is 13.2. The summed E-state index contributed by atoms with van der Waals surface area (Å²) in [4.78, 5) is 34.5. The zero-order valence-corrected chi connectivity index (χ0v) is 15.6. The number of para-hydroxylation sites is 1. The van der Waals surface area contributed by atoms with Crippen LogP contribution in [0.3, 0.4) is 0 Å². The van der Waals surface area contributed by atoms with Gasteiger partial charge in [-0.15, -0.1) is 0 Å². The summed E-state index contributed by atoms with van der Waals surface area (Å²) in [6.45, 7) is 0. The molecule has 0 aliphatic rings. The van der Waals surface area contributed by atoms with Crippen molar-refractivity contribution >= 4 is 23.8 Å². The van der Waals surface area contributed by atoms with Crippen molar-refractivity contribution in [1.82, 2.24) is 5.43 Å². The van der Waals surface area contributed by atoms with E-state index in [4.69, 9.17) is 13.9 Å². The highest BCUT2D eigenvalue weighted by Crippen LogP contribution is 2.28. The molecule has 0 spiro atoms. The molecule has 2 aromatic carbocycles. The van der Waals surface area contributed by atoms with Crippen LogP contribution in [0.4, 0.5) is 5.69 Å². The van der Waals surface area contributed by atoms with Gasteiger partial charge in [0.15, 0.2) is 11.5 Å². The molecule has 152 valence electrons. The number of carbonyl (C=O) groups is 2. The summed E-state index contributed by atoms with van der Waals surface area (Å²) >= 11 is 0. The first-order chi connectivity index (χ1) is 14.5. The fraction of sp³-hybridized carbons (Fsp3) is 0.0500. The molecule has 0 bridgehead atoms. The largest absolute Gasteiger partial charge is 0.493 e. The molecule has 0 saturated carbocycles. The second kappa shape index (κ2) is 9.15. The number of nitrogens with one attached hydrogen (secondary N) is 1. The fourth-order valence-electron chi connectivity index (χ4n) is 2.44. The molecule has 1 aromatic heterocycles. The molecule has 0 aliphatic heterocycles. The highest BCUT2D eigenvalue weighted by Gasteiger charge is 2.18. The predicted molar refractivity (Wildman–Crippen MR) is 105 cm³/mol. The van der Waals surface area contributed by atoms with Gasteiger partial charge in [-0.05, 0) is 42.0 Å². The van der Waals surface area contributed by atoms with Gasteiger partial charge in [0.1, 0.15) is 5.56 Å². The Kier molecular flexibility index (Phi) is 6.18. The Balaban J connectivity index is 1.70. The molecular formula is C20H15N3O7. The molecule has 0 radical (unpaired) electrons. The zero-order valence-electron chi connectivity index (χ0n) is 15.6. The molecule has 3 rings (SSSR count). The number of nitro groups is 1. The number of ether oxygens (including phenoxy) is 2. The second-order valence-electron chi connectivity index (χ2n) is 5.75. The van der Waals surface area contributed by atoms with E-state index >= 15 is 0 Å². The van der Waals surface area contributed by atoms with Crippen molar-refractivity contribution in [1.29, 1.82) is 0 Å². The Morgan fingerprint density at radius 2 is 1.93 bits per heavy atom. The van der Waals surface area contributed by atoms with Gasteiger partial charge in [-0.2, -0.15) is 5.10 Å². The summed E-state index contributed by atoms with van der Waals surface area (Å²) in [7, 11) is 1.40. The van der Waals surface area contributed by atoms with Crippen molar-refractivity contribution in [3.63, 3.8) is 0 Å². The molecule has 0 fully saturated rings. The van der Waals surface area contributed by atoms with Gasteiger partial charge in [0.2, 0.25) is 5.76 Å². The number of hydrogen-bond acceptors (Lipinski definition) is 8. The van der Waals surface area contributed by atoms with Crippen molar-refractivity contribution in [3.05, 3.63) is 87.9 Å². The number of amides is 1. The van der Waals surface area contributed by atoms with Gasteiger partial charge in [-0.1, -0.05) is 12.1 Å². The number of hydrazone groups is 1. The first kappa shape index (κ1) is 20.3. The molecule has 30 heavy (non-hydrogen) atoms. The maximum Gasteiger partial charge on any atom is 0.379 e. The van der Waals surface area contributed by atoms with E-state index in [2.05, 4.69) is 10.5 Å². The van der Waals surface area contributed by atoms with Crippen LogP contribution in [0.5, 0.6) is 11.5 Å². The lowest BCUT2D eigenvalue weighted by Gasteiger charge is -2.09. The Morgan fingerprint density at radius 3 is 2.63 bits per heavy atom. The van der Waals surface area contributed by atoms with Crippen LogP contribution in [0, 0.1) is 10.1 Å². The third-order valence-electron chi connectivity index (χ3n) is 3.84. The maximum atomic E-state index is 12.2. The van der Waals surface area contributed by atoms with Crippen LogP contribution in [0.15, 0.2) is 70.4 Å². The molecule has 10 nitrogen and oxygen atoms in total. The molecule has 1 N–H and O–H groups in total. The fourth-order valence-corrected chi connectivity index (χ4v) is 2.44. The minimum absolute atomic E-state index is 0.0420. The maximum absolute atomic E-state index is 12.2. The zero-order chi connectivity index (χ0) is 21.5. The van der Waals surface area contributed by atoms with E-state index in [0.717, 1.165) is 0 Å². The minimum Gasteiger partial charge on any atom is -0.493 e. The second-order valence-corrected chi connectivity index (χ2v) is 5.75. The summed E-state index contributed by atoms with van der Waals surface area (Å²) in [5.74, 6) is -0.949. The van der Waals surface area contributed by atoms with E-state index in [9.17, 15) is 19.7 Å². The monoisotopic (exact) mass is 409 g/mol. The van der Waals surface area contributed by atoms with Crippen LogP contribution in [0.1, 0.15) is 26.5 Å². The summed E-state index contributed by atoms with van der Waals surface area (Å²) in [5, 5.41) is 14.8. The van der Waals surface area contributed by atoms with E-state index in [-0.39, 0.29) is 28.5 Å². The van der Waals surface area contributed by atoms with E-state index in [1.807, 2.05) is 0 Å². The van der Waals surface area contributed by atoms with Crippen molar-refractivity contribution < 1.29 is 28.4 Å². The third-order valence-corrected chi connectivity index (χ3v) is 3.84. The van der Waals surface area contributed by atoms with Crippen molar-refractivity contribution in [2.45, 2.75) is 0 Å². The molecule has 0 saturated heterocycles. The molecule has 3 aromatic rings. The van der Waals surface area contributed by atoms with Gasteiger partial charge in [-0.25, -0.2) is 10.2 Å². The quantitative estimate of drug-likeness (QED) is 0.208. The van der Waals surface area contributed by atoms with E-state index in [1.54, 1.807) is 12.1 Å². The SMILES string of the molecule is COc1cc(/C=N\NC(=O)c2ccccc2[N+](=O)[O-])ccc1OC(=O)c1ccco1. The van der Waals surface area contributed by atoms with Crippen LogP contribution in [0.2, 0.25) is 0 Å². The van der Waals surface area contributed by atoms with Crippen molar-refractivity contribution in [3.8, 4) is 11.5 Å². The van der Waals surface area contributed by atoms with Crippen LogP contribution in [-0.4, -0.2) is 30.1 Å². The number of nitro benzene ring substituents is 1.